The molecule has 1 aliphatic rings. The lowest BCUT2D eigenvalue weighted by Crippen LogP contribution is -2.49. The van der Waals surface area contributed by atoms with E-state index in [9.17, 15) is 26.7 Å². The van der Waals surface area contributed by atoms with Crippen LogP contribution in [0.25, 0.3) is 11.3 Å². The topological polar surface area (TPSA) is 35.6 Å². The number of nitrogens with one attached hydrogen (secondary N) is 1. The maximum atomic E-state index is 14.7. The summed E-state index contributed by atoms with van der Waals surface area (Å²) in [7, 11) is 7.22. The van der Waals surface area contributed by atoms with Crippen LogP contribution in [0.1, 0.15) is 43.4 Å². The van der Waals surface area contributed by atoms with Crippen molar-refractivity contribution in [1.82, 2.24) is 15.2 Å². The van der Waals surface area contributed by atoms with Crippen LogP contribution in [-0.4, -0.2) is 30.8 Å². The quantitative estimate of drug-likeness (QED) is 0.489. The average molecular weight is 461 g/mol. The van der Waals surface area contributed by atoms with Gasteiger partial charge < -0.3 is 4.90 Å². The molecule has 0 aromatic heterocycles. The van der Waals surface area contributed by atoms with Crippen LogP contribution >= 0.6 is 0 Å². The molecule has 0 spiro atoms. The molecule has 0 fully saturated rings. The molecule has 2 aromatic rings. The Hall–Kier alpha value is -3.14. The van der Waals surface area contributed by atoms with Crippen molar-refractivity contribution in [3.8, 4) is 0 Å². The Labute approximate surface area is 189 Å². The highest BCUT2D eigenvalue weighted by Gasteiger charge is 2.36. The van der Waals surface area contributed by atoms with Crippen LogP contribution in [0.4, 0.5) is 22.0 Å². The van der Waals surface area contributed by atoms with Crippen LogP contribution in [0.15, 0.2) is 53.9 Å². The molecule has 0 atom stereocenters. The molecule has 1 aliphatic heterocycles. The summed E-state index contributed by atoms with van der Waals surface area (Å²) in [6.07, 6.45) is -3.63. The minimum absolute atomic E-state index is 0.0828. The number of amides is 1. The van der Waals surface area contributed by atoms with E-state index < -0.39 is 29.3 Å². The fraction of sp³-hybridized carbons (Fsp3) is 0.261. The zero-order valence-electron chi connectivity index (χ0n) is 18.2. The number of hydrazine groups is 1. The Morgan fingerprint density at radius 3 is 2.24 bits per heavy atom. The summed E-state index contributed by atoms with van der Waals surface area (Å²) in [6.45, 7) is 3.37. The Bertz CT molecular complexity index is 1130. The lowest BCUT2D eigenvalue weighted by atomic mass is 9.96. The van der Waals surface area contributed by atoms with Gasteiger partial charge >= 0.3 is 6.18 Å². The number of allylic oxidation sites excluding steroid dienone is 1. The fourth-order valence-corrected chi connectivity index (χ4v) is 3.91. The molecule has 172 valence electrons. The minimum Gasteiger partial charge on any atom is -0.329 e. The molecule has 1 heterocycles. The first-order chi connectivity index (χ1) is 15.5. The molecule has 2 aromatic carbocycles. The van der Waals surface area contributed by atoms with E-state index in [2.05, 4.69) is 5.34 Å². The van der Waals surface area contributed by atoms with Gasteiger partial charge in [-0.1, -0.05) is 25.5 Å². The number of halogens is 5. The highest BCUT2D eigenvalue weighted by molar-refractivity contribution is 6.09. The number of hydrogen-bond acceptors (Lipinski definition) is 3. The number of alkyl halides is 3. The second-order valence-electron chi connectivity index (χ2n) is 7.55. The molecule has 10 heteroatoms. The number of hydrogen-bond donors (Lipinski definition) is 1. The van der Waals surface area contributed by atoms with E-state index in [1.165, 1.54) is 25.1 Å². The summed E-state index contributed by atoms with van der Waals surface area (Å²) in [6, 6.07) is 7.53. The summed E-state index contributed by atoms with van der Waals surface area (Å²) >= 11 is 0. The molecule has 1 amide bonds. The summed E-state index contributed by atoms with van der Waals surface area (Å²) in [5.41, 5.74) is 0.553. The van der Waals surface area contributed by atoms with Crippen molar-refractivity contribution < 1.29 is 26.7 Å². The van der Waals surface area contributed by atoms with Crippen molar-refractivity contribution in [1.29, 1.82) is 0 Å². The van der Waals surface area contributed by atoms with Crippen molar-refractivity contribution in [2.45, 2.75) is 32.9 Å². The third kappa shape index (κ3) is 4.66. The van der Waals surface area contributed by atoms with Gasteiger partial charge in [0, 0.05) is 29.8 Å². The van der Waals surface area contributed by atoms with E-state index >= 15 is 0 Å². The summed E-state index contributed by atoms with van der Waals surface area (Å²) in [4.78, 5) is 14.7. The van der Waals surface area contributed by atoms with Crippen molar-refractivity contribution in [2.75, 3.05) is 7.05 Å². The third-order valence-electron chi connectivity index (χ3n) is 5.38. The molecule has 0 saturated carbocycles. The van der Waals surface area contributed by atoms with Crippen molar-refractivity contribution in [2.24, 2.45) is 0 Å². The molecule has 2 radical (unpaired) electrons. The lowest BCUT2D eigenvalue weighted by molar-refractivity contribution is -0.137. The number of carbonyl (C=O) groups is 1. The molecule has 0 aliphatic carbocycles. The van der Waals surface area contributed by atoms with Gasteiger partial charge in [0.2, 0.25) is 7.98 Å². The Kier molecular flexibility index (Phi) is 6.97. The number of carbonyl (C=O) groups excluding carboxylic acids is 1. The summed E-state index contributed by atoms with van der Waals surface area (Å²) in [5, 5.41) is 3.35. The van der Waals surface area contributed by atoms with Crippen LogP contribution in [-0.2, 0) is 11.0 Å². The van der Waals surface area contributed by atoms with E-state index in [4.69, 9.17) is 7.98 Å². The zero-order chi connectivity index (χ0) is 24.5. The predicted octanol–water partition coefficient (Wildman–Crippen LogP) is 5.25. The van der Waals surface area contributed by atoms with Gasteiger partial charge in [-0.3, -0.25) is 10.1 Å². The van der Waals surface area contributed by atoms with Gasteiger partial charge in [-0.05, 0) is 43.2 Å². The largest absolute Gasteiger partial charge is 0.416 e. The zero-order valence-corrected chi connectivity index (χ0v) is 18.2. The molecule has 1 N–H and O–H groups in total. The van der Waals surface area contributed by atoms with E-state index in [0.29, 0.717) is 29.7 Å². The minimum atomic E-state index is -4.50. The number of nitrogens with zero attached hydrogens (tertiary/aromatic N) is 2. The van der Waals surface area contributed by atoms with Gasteiger partial charge in [0.15, 0.2) is 0 Å². The van der Waals surface area contributed by atoms with E-state index in [-0.39, 0.29) is 17.0 Å². The van der Waals surface area contributed by atoms with Gasteiger partial charge in [0.05, 0.1) is 11.3 Å². The van der Waals surface area contributed by atoms with Gasteiger partial charge in [-0.15, -0.1) is 0 Å². The smallest absolute Gasteiger partial charge is 0.329 e. The summed E-state index contributed by atoms with van der Waals surface area (Å²) < 4.78 is 67.3. The SMILES string of the molecule is [B]NN1C(=O)C(C)=C(c2ccc(C(F)(F)F)cc2)N(C)C1=C(CCC)c1ccc(F)cc1F. The van der Waals surface area contributed by atoms with Crippen LogP contribution < -0.4 is 5.34 Å². The Morgan fingerprint density at radius 2 is 1.73 bits per heavy atom. The first-order valence-corrected chi connectivity index (χ1v) is 10.1. The van der Waals surface area contributed by atoms with Gasteiger partial charge in [0.25, 0.3) is 5.91 Å². The average Bonchev–Trinajstić information content (AvgIpc) is 2.75. The summed E-state index contributed by atoms with van der Waals surface area (Å²) in [5.74, 6) is -1.93. The molecule has 0 unspecified atom stereocenters. The Balaban J connectivity index is 2.24. The molecular weight excluding hydrogens is 440 g/mol. The fourth-order valence-electron chi connectivity index (χ4n) is 3.91. The van der Waals surface area contributed by atoms with Crippen molar-refractivity contribution >= 4 is 25.2 Å². The second kappa shape index (κ2) is 9.39. The van der Waals surface area contributed by atoms with E-state index in [1.807, 2.05) is 6.92 Å². The molecule has 33 heavy (non-hydrogen) atoms. The van der Waals surface area contributed by atoms with Crippen molar-refractivity contribution in [3.05, 3.63) is 82.2 Å². The van der Waals surface area contributed by atoms with Gasteiger partial charge in [-0.25, -0.2) is 13.8 Å². The molecule has 0 saturated heterocycles. The monoisotopic (exact) mass is 461 g/mol. The van der Waals surface area contributed by atoms with Gasteiger partial charge in [-0.2, -0.15) is 13.2 Å². The highest BCUT2D eigenvalue weighted by Crippen LogP contribution is 2.39. The molecule has 3 rings (SSSR count). The van der Waals surface area contributed by atoms with Crippen molar-refractivity contribution in [3.63, 3.8) is 0 Å². The lowest BCUT2D eigenvalue weighted by Gasteiger charge is -2.40. The van der Waals surface area contributed by atoms with Crippen LogP contribution in [0, 0.1) is 11.6 Å². The first kappa shape index (κ1) is 24.5. The first-order valence-electron chi connectivity index (χ1n) is 10.1. The third-order valence-corrected chi connectivity index (χ3v) is 5.38. The second-order valence-corrected chi connectivity index (χ2v) is 7.55. The maximum Gasteiger partial charge on any atom is 0.416 e. The molecule has 4 nitrogen and oxygen atoms in total. The standard InChI is InChI=1S/C23H21BF5N3O/c1-4-5-18(17-11-10-16(25)12-19(17)26)21-31(3)20(13(2)22(33)32(21)30-24)14-6-8-15(9-7-14)23(27,28)29/h6-12,30H,4-5H2,1-3H3. The van der Waals surface area contributed by atoms with E-state index in [1.54, 1.807) is 11.9 Å². The Morgan fingerprint density at radius 1 is 1.09 bits per heavy atom. The van der Waals surface area contributed by atoms with Crippen LogP contribution in [0.3, 0.4) is 0 Å². The maximum absolute atomic E-state index is 14.7. The van der Waals surface area contributed by atoms with Crippen LogP contribution in [0.5, 0.6) is 0 Å². The predicted molar refractivity (Wildman–Crippen MR) is 116 cm³/mol. The normalized spacial score (nSPS) is 16.5. The van der Waals surface area contributed by atoms with Gasteiger partial charge in [0.1, 0.15) is 17.5 Å². The number of rotatable bonds is 5. The van der Waals surface area contributed by atoms with E-state index in [0.717, 1.165) is 29.3 Å². The number of benzene rings is 2. The molecule has 0 bridgehead atoms. The van der Waals surface area contributed by atoms with Crippen LogP contribution in [0.2, 0.25) is 0 Å². The highest BCUT2D eigenvalue weighted by atomic mass is 19.4. The molecular formula is C23H21BF5N3O.